The third kappa shape index (κ3) is 6.31. The summed E-state index contributed by atoms with van der Waals surface area (Å²) in [4.78, 5) is 17.4. The van der Waals surface area contributed by atoms with Crippen LogP contribution in [-0.2, 0) is 4.74 Å². The second-order valence-electron chi connectivity index (χ2n) is 15.6. The van der Waals surface area contributed by atoms with E-state index in [0.717, 1.165) is 81.1 Å². The average Bonchev–Trinajstić information content (AvgIpc) is 3.27. The van der Waals surface area contributed by atoms with Crippen molar-refractivity contribution in [1.82, 2.24) is 15.1 Å². The first-order chi connectivity index (χ1) is 19.1. The van der Waals surface area contributed by atoms with E-state index in [9.17, 15) is 4.79 Å². The summed E-state index contributed by atoms with van der Waals surface area (Å²) >= 11 is 0. The second kappa shape index (κ2) is 12.7. The molecule has 0 spiro atoms. The number of nitrogens with one attached hydrogen (secondary N) is 1. The zero-order valence-electron chi connectivity index (χ0n) is 26.9. The maximum absolute atomic E-state index is 12.6. The Morgan fingerprint density at radius 1 is 1.02 bits per heavy atom. The Hall–Kier alpha value is -1.07. The van der Waals surface area contributed by atoms with E-state index in [1.165, 1.54) is 57.8 Å². The van der Waals surface area contributed by atoms with Gasteiger partial charge in [0.2, 0.25) is 0 Å². The van der Waals surface area contributed by atoms with Crippen LogP contribution in [0.5, 0.6) is 0 Å². The molecule has 1 unspecified atom stereocenters. The summed E-state index contributed by atoms with van der Waals surface area (Å²) in [5.41, 5.74) is 2.46. The van der Waals surface area contributed by atoms with Crippen LogP contribution in [0.15, 0.2) is 11.6 Å². The van der Waals surface area contributed by atoms with Gasteiger partial charge in [-0.25, -0.2) is 4.79 Å². The van der Waals surface area contributed by atoms with Gasteiger partial charge in [0.25, 0.3) is 0 Å². The Kier molecular flexibility index (Phi) is 9.62. The smallest absolute Gasteiger partial charge is 0.407 e. The number of alkyl carbamates (subject to hydrolysis) is 1. The van der Waals surface area contributed by atoms with Gasteiger partial charge in [0, 0.05) is 45.7 Å². The lowest BCUT2D eigenvalue weighted by molar-refractivity contribution is -0.0581. The molecule has 0 aromatic rings. The SMILES string of the molecule is CC(C)CCC[C@@H](C)[C@H]1CC[C@H]2[C@@H]3CC=C4C[C@@H](OC(=O)NCCN5CCN(C)CC5)CCC4(C)[C@H]3CC[C@]12C. The largest absolute Gasteiger partial charge is 0.446 e. The molecule has 0 radical (unpaired) electrons. The highest BCUT2D eigenvalue weighted by Gasteiger charge is 2.59. The molecule has 1 amide bonds. The number of rotatable bonds is 9. The first-order valence-electron chi connectivity index (χ1n) is 17.1. The van der Waals surface area contributed by atoms with Gasteiger partial charge >= 0.3 is 6.09 Å². The quantitative estimate of drug-likeness (QED) is 0.302. The first kappa shape index (κ1) is 30.4. The Morgan fingerprint density at radius 2 is 1.80 bits per heavy atom. The van der Waals surface area contributed by atoms with E-state index in [0.29, 0.717) is 17.4 Å². The van der Waals surface area contributed by atoms with Gasteiger partial charge in [-0.15, -0.1) is 0 Å². The van der Waals surface area contributed by atoms with Gasteiger partial charge in [-0.2, -0.15) is 0 Å². The zero-order valence-corrected chi connectivity index (χ0v) is 26.9. The summed E-state index contributed by atoms with van der Waals surface area (Å²) in [6.07, 6.45) is 16.8. The van der Waals surface area contributed by atoms with Crippen molar-refractivity contribution in [3.05, 3.63) is 11.6 Å². The molecular formula is C35H61N3O2. The summed E-state index contributed by atoms with van der Waals surface area (Å²) < 4.78 is 5.98. The van der Waals surface area contributed by atoms with Gasteiger partial charge in [-0.1, -0.05) is 65.5 Å². The molecule has 228 valence electrons. The topological polar surface area (TPSA) is 44.8 Å². The number of nitrogens with zero attached hydrogens (tertiary/aromatic N) is 2. The van der Waals surface area contributed by atoms with E-state index in [1.54, 1.807) is 5.57 Å². The van der Waals surface area contributed by atoms with Gasteiger partial charge in [0.15, 0.2) is 0 Å². The summed E-state index contributed by atoms with van der Waals surface area (Å²) in [6, 6.07) is 0. The predicted molar refractivity (Wildman–Crippen MR) is 165 cm³/mol. The van der Waals surface area contributed by atoms with Crippen LogP contribution in [-0.4, -0.2) is 68.3 Å². The zero-order chi connectivity index (χ0) is 28.5. The van der Waals surface area contributed by atoms with Crippen LogP contribution in [0.25, 0.3) is 0 Å². The van der Waals surface area contributed by atoms with Crippen LogP contribution < -0.4 is 5.32 Å². The van der Waals surface area contributed by atoms with Gasteiger partial charge in [0.1, 0.15) is 6.10 Å². The normalized spacial score (nSPS) is 39.2. The molecule has 0 bridgehead atoms. The van der Waals surface area contributed by atoms with Crippen molar-refractivity contribution in [1.29, 1.82) is 0 Å². The van der Waals surface area contributed by atoms with Gasteiger partial charge in [0.05, 0.1) is 0 Å². The number of amides is 1. The van der Waals surface area contributed by atoms with E-state index >= 15 is 0 Å². The maximum atomic E-state index is 12.6. The Bertz CT molecular complexity index is 895. The fourth-order valence-electron chi connectivity index (χ4n) is 10.3. The van der Waals surface area contributed by atoms with E-state index in [4.69, 9.17) is 4.74 Å². The molecule has 5 heteroatoms. The summed E-state index contributed by atoms with van der Waals surface area (Å²) in [5.74, 6) is 5.20. The highest BCUT2D eigenvalue weighted by molar-refractivity contribution is 5.67. The van der Waals surface area contributed by atoms with Gasteiger partial charge in [-0.05, 0) is 98.3 Å². The fraction of sp³-hybridized carbons (Fsp3) is 0.914. The molecule has 1 heterocycles. The van der Waals surface area contributed by atoms with E-state index in [-0.39, 0.29) is 12.2 Å². The number of piperazine rings is 1. The number of fused-ring (bicyclic) bond motifs is 5. The molecule has 8 atom stereocenters. The van der Waals surface area contributed by atoms with Crippen LogP contribution in [0, 0.1) is 46.3 Å². The molecule has 4 fully saturated rings. The Morgan fingerprint density at radius 3 is 2.55 bits per heavy atom. The van der Waals surface area contributed by atoms with Crippen molar-refractivity contribution in [3.8, 4) is 0 Å². The summed E-state index contributed by atoms with van der Waals surface area (Å²) in [5, 5.41) is 3.04. The fourth-order valence-corrected chi connectivity index (χ4v) is 10.3. The molecule has 5 nitrogen and oxygen atoms in total. The third-order valence-corrected chi connectivity index (χ3v) is 12.8. The second-order valence-corrected chi connectivity index (χ2v) is 15.6. The minimum absolute atomic E-state index is 0.0379. The number of allylic oxidation sites excluding steroid dienone is 1. The molecule has 5 rings (SSSR count). The standard InChI is InChI=1S/C35H61N3O2/c1-25(2)8-7-9-26(3)30-12-13-31-29-11-10-27-24-28(14-16-34(27,4)32(29)15-17-35(30,31)5)40-33(39)36-18-19-38-22-20-37(6)21-23-38/h10,25-26,28-32H,7-9,11-24H2,1-6H3,(H,36,39)/t26-,28+,29+,30-,31+,32+,34?,35-/m1/s1. The third-order valence-electron chi connectivity index (χ3n) is 12.8. The summed E-state index contributed by atoms with van der Waals surface area (Å²) in [6.45, 7) is 18.6. The minimum atomic E-state index is -0.218. The molecule has 5 aliphatic rings. The number of carbonyl (C=O) groups is 1. The van der Waals surface area contributed by atoms with Crippen LogP contribution in [0.1, 0.15) is 105 Å². The first-order valence-corrected chi connectivity index (χ1v) is 17.1. The average molecular weight is 556 g/mol. The highest BCUT2D eigenvalue weighted by atomic mass is 16.6. The van der Waals surface area contributed by atoms with E-state index in [2.05, 4.69) is 62.9 Å². The number of hydrogen-bond donors (Lipinski definition) is 1. The summed E-state index contributed by atoms with van der Waals surface area (Å²) in [7, 11) is 2.18. The van der Waals surface area contributed by atoms with Crippen molar-refractivity contribution < 1.29 is 9.53 Å². The monoisotopic (exact) mass is 555 g/mol. The Labute approximate surface area is 246 Å². The number of ether oxygens (including phenoxy) is 1. The highest BCUT2D eigenvalue weighted by Crippen LogP contribution is 2.67. The van der Waals surface area contributed by atoms with Gasteiger partial charge in [-0.3, -0.25) is 4.90 Å². The van der Waals surface area contributed by atoms with Gasteiger partial charge < -0.3 is 15.0 Å². The van der Waals surface area contributed by atoms with Crippen LogP contribution in [0.2, 0.25) is 0 Å². The maximum Gasteiger partial charge on any atom is 0.407 e. The van der Waals surface area contributed by atoms with Crippen molar-refractivity contribution >= 4 is 6.09 Å². The minimum Gasteiger partial charge on any atom is -0.446 e. The number of carbonyl (C=O) groups excluding carboxylic acids is 1. The molecule has 1 saturated heterocycles. The van der Waals surface area contributed by atoms with Crippen molar-refractivity contribution in [3.63, 3.8) is 0 Å². The molecule has 0 aromatic carbocycles. The lowest BCUT2D eigenvalue weighted by atomic mass is 9.47. The van der Waals surface area contributed by atoms with Crippen molar-refractivity contribution in [2.75, 3.05) is 46.3 Å². The lowest BCUT2D eigenvalue weighted by Gasteiger charge is -2.58. The van der Waals surface area contributed by atoms with E-state index < -0.39 is 0 Å². The number of hydrogen-bond acceptors (Lipinski definition) is 4. The molecule has 40 heavy (non-hydrogen) atoms. The van der Waals surface area contributed by atoms with Crippen LogP contribution in [0.4, 0.5) is 4.79 Å². The lowest BCUT2D eigenvalue weighted by Crippen LogP contribution is -2.51. The van der Waals surface area contributed by atoms with Crippen molar-refractivity contribution in [2.45, 2.75) is 111 Å². The molecule has 1 aliphatic heterocycles. The van der Waals surface area contributed by atoms with E-state index in [1.807, 2.05) is 0 Å². The molecular weight excluding hydrogens is 494 g/mol. The van der Waals surface area contributed by atoms with Crippen molar-refractivity contribution in [2.24, 2.45) is 46.3 Å². The molecule has 0 aromatic heterocycles. The number of likely N-dealkylation sites (N-methyl/N-ethyl adjacent to an activating group) is 1. The predicted octanol–water partition coefficient (Wildman–Crippen LogP) is 7.37. The van der Waals surface area contributed by atoms with Crippen LogP contribution in [0.3, 0.4) is 0 Å². The molecule has 4 aliphatic carbocycles. The molecule has 1 N–H and O–H groups in total. The van der Waals surface area contributed by atoms with Crippen LogP contribution >= 0.6 is 0 Å². The Balaban J connectivity index is 1.13. The molecule has 3 saturated carbocycles.